The molecule has 2 aromatic heterocycles. The number of carboxylic acids is 4. The van der Waals surface area contributed by atoms with Gasteiger partial charge in [0.1, 0.15) is 48.6 Å². The van der Waals surface area contributed by atoms with Crippen LogP contribution in [-0.4, -0.2) is 304 Å². The molecule has 1 fully saturated rings. The molecule has 5 aromatic rings. The van der Waals surface area contributed by atoms with Crippen molar-refractivity contribution in [2.24, 2.45) is 60.8 Å². The highest BCUT2D eigenvalue weighted by Gasteiger charge is 2.44. The number of ether oxygens (including phenoxy) is 2. The summed E-state index contributed by atoms with van der Waals surface area (Å²) in [5.41, 5.74) is 1.08. The molecule has 44 heteroatoms. The summed E-state index contributed by atoms with van der Waals surface area (Å²) in [4.78, 5) is 134. The number of H-pyrrole nitrogens is 2. The van der Waals surface area contributed by atoms with Crippen LogP contribution in [0.25, 0.3) is 21.8 Å². The van der Waals surface area contributed by atoms with Crippen LogP contribution in [0.15, 0.2) is 140 Å². The van der Waals surface area contributed by atoms with Gasteiger partial charge >= 0.3 is 37.7 Å². The molecule has 0 radical (unpaired) electrons. The summed E-state index contributed by atoms with van der Waals surface area (Å²) in [5.74, 6) is -27.7. The Morgan fingerprint density at radius 1 is 0.622 bits per heavy atom. The summed E-state index contributed by atoms with van der Waals surface area (Å²) < 4.78 is 28.4. The van der Waals surface area contributed by atoms with Crippen molar-refractivity contribution in [3.8, 4) is 5.75 Å². The number of para-hydroxylation sites is 2. The van der Waals surface area contributed by atoms with Gasteiger partial charge in [-0.3, -0.25) is 29.1 Å². The number of carbonyl (C=O) groups excluding carboxylic acids is 1. The number of nitrogens with zero attached hydrogens (tertiary/aromatic N) is 11. The molecule has 0 bridgehead atoms. The number of aromatic amines is 2. The Labute approximate surface area is 626 Å². The Balaban J connectivity index is 1.57. The molecule has 1 saturated heterocycles. The minimum Gasteiger partial charge on any atom is -0.508 e. The quantitative estimate of drug-likeness (QED) is 0.0123. The maximum absolute atomic E-state index is 15.2. The molecular formula is C67H81N14O29P. The van der Waals surface area contributed by atoms with Crippen molar-refractivity contribution in [3.63, 3.8) is 0 Å². The Morgan fingerprint density at radius 2 is 1.12 bits per heavy atom. The fourth-order valence-electron chi connectivity index (χ4n) is 11.2. The first-order valence-corrected chi connectivity index (χ1v) is 35.0. The zero-order chi connectivity index (χ0) is 81.9. The van der Waals surface area contributed by atoms with E-state index in [0.29, 0.717) is 34.6 Å². The fourth-order valence-corrected chi connectivity index (χ4v) is 11.7. The number of phosphoric ester groups is 1. The number of aromatic nitrogens is 2. The maximum Gasteiger partial charge on any atom is 0.470 e. The number of phenolic OH excluding ortho intramolecular Hbond substituents is 1. The van der Waals surface area contributed by atoms with E-state index in [9.17, 15) is 125 Å². The summed E-state index contributed by atoms with van der Waals surface area (Å²) >= 11 is 0. The number of benzene rings is 3. The molecule has 0 spiro atoms. The monoisotopic (exact) mass is 1580 g/mol. The van der Waals surface area contributed by atoms with E-state index in [1.807, 2.05) is 6.92 Å². The lowest BCUT2D eigenvalue weighted by atomic mass is 9.97. The van der Waals surface area contributed by atoms with Gasteiger partial charge in [-0.25, -0.2) is 64.3 Å². The number of aliphatic imine (C=N–C) groups is 11. The third-order valence-corrected chi connectivity index (χ3v) is 17.2. The van der Waals surface area contributed by atoms with Gasteiger partial charge in [0, 0.05) is 47.0 Å². The van der Waals surface area contributed by atoms with Crippen molar-refractivity contribution in [1.82, 2.24) is 9.97 Å². The van der Waals surface area contributed by atoms with Crippen molar-refractivity contribution in [1.29, 1.82) is 5.41 Å². The highest BCUT2D eigenvalue weighted by molar-refractivity contribution is 7.46. The van der Waals surface area contributed by atoms with Crippen LogP contribution in [-0.2, 0) is 55.4 Å². The van der Waals surface area contributed by atoms with Gasteiger partial charge in [0.25, 0.3) is 0 Å². The molecule has 2 aliphatic heterocycles. The van der Waals surface area contributed by atoms with Crippen molar-refractivity contribution < 1.29 is 144 Å². The SMILES string of the molecule is CCCC1OC1C(O)=N[C@@H](CO)C(O)=N[C@@H]1C(O)=N[C@H](Cc2c[nH]c3ccccc23)C(O)=N[C@@H](CC(=O)O)C(O)=N[C@@H](CC(=O)O)C(O)=N[C@H](c2ccc(O)cc2)C(O)=N[C@@H](CC(=O)O)C(O)=NCC(O)=N[C@H]([C@H](OP(=O)(O)O)C(=N)O)C(O)=N[C@@H](C(C)CC(=O)O)C(O)=N[C@@H](Cc2c[nH]c3ccccc23)C(=O)O[C@@H]1C. The third kappa shape index (κ3) is 24.5. The molecule has 15 atom stereocenters. The molecule has 43 nitrogen and oxygen atoms in total. The molecule has 111 heavy (non-hydrogen) atoms. The molecule has 0 amide bonds. The summed E-state index contributed by atoms with van der Waals surface area (Å²) in [6.07, 6.45) is -9.04. The lowest BCUT2D eigenvalue weighted by Crippen LogP contribution is -2.42. The number of cyclic esters (lactones) is 1. The van der Waals surface area contributed by atoms with Crippen LogP contribution in [0.5, 0.6) is 5.75 Å². The Bertz CT molecular complexity index is 4620. The average Bonchev–Trinajstić information content (AvgIpc) is 1.77. The number of aromatic hydroxyl groups is 1. The van der Waals surface area contributed by atoms with Crippen molar-refractivity contribution >= 4 is 130 Å². The van der Waals surface area contributed by atoms with Gasteiger partial charge in [-0.15, -0.1) is 0 Å². The van der Waals surface area contributed by atoms with Gasteiger partial charge in [0.05, 0.1) is 38.4 Å². The number of esters is 1. The van der Waals surface area contributed by atoms with E-state index in [-0.39, 0.29) is 16.7 Å². The fraction of sp³-hybridized carbons (Fsp3) is 0.418. The smallest absolute Gasteiger partial charge is 0.470 e. The van der Waals surface area contributed by atoms with Gasteiger partial charge < -0.3 is 121 Å². The predicted molar refractivity (Wildman–Crippen MR) is 396 cm³/mol. The molecule has 598 valence electrons. The molecular weight excluding hydrogens is 1500 g/mol. The first-order chi connectivity index (χ1) is 52.3. The number of carbonyl (C=O) groups is 5. The van der Waals surface area contributed by atoms with E-state index in [0.717, 1.165) is 38.1 Å². The van der Waals surface area contributed by atoms with E-state index in [1.54, 1.807) is 48.5 Å². The molecule has 0 saturated carbocycles. The number of aliphatic carboxylic acids is 4. The van der Waals surface area contributed by atoms with Crippen LogP contribution >= 0.6 is 7.82 Å². The number of hydrogen-bond acceptors (Lipinski definition) is 23. The van der Waals surface area contributed by atoms with E-state index in [1.165, 1.54) is 12.4 Å². The van der Waals surface area contributed by atoms with Gasteiger partial charge in [-0.05, 0) is 60.2 Å². The van der Waals surface area contributed by atoms with Crippen LogP contribution in [0.2, 0.25) is 0 Å². The number of aliphatic hydroxyl groups is 13. The van der Waals surface area contributed by atoms with Crippen LogP contribution in [0.1, 0.15) is 82.0 Å². The largest absolute Gasteiger partial charge is 0.508 e. The molecule has 23 N–H and O–H groups in total. The zero-order valence-corrected chi connectivity index (χ0v) is 59.7. The van der Waals surface area contributed by atoms with Crippen molar-refractivity contribution in [3.05, 3.63) is 102 Å². The highest BCUT2D eigenvalue weighted by atomic mass is 31.2. The number of phenols is 1. The maximum atomic E-state index is 15.2. The molecule has 4 heterocycles. The minimum atomic E-state index is -5.98. The number of fused-ring (bicyclic) bond motifs is 2. The number of nitrogens with one attached hydrogen (secondary N) is 3. The number of aliphatic hydroxyl groups excluding tert-OH is 13. The first-order valence-electron chi connectivity index (χ1n) is 33.5. The van der Waals surface area contributed by atoms with E-state index >= 15 is 4.79 Å². The summed E-state index contributed by atoms with van der Waals surface area (Å²) in [5, 5.41) is 210. The number of hydrogen-bond donors (Lipinski definition) is 23. The zero-order valence-electron chi connectivity index (χ0n) is 58.8. The normalized spacial score (nSPS) is 24.6. The Morgan fingerprint density at radius 3 is 1.64 bits per heavy atom. The van der Waals surface area contributed by atoms with Crippen LogP contribution in [0, 0.1) is 11.3 Å². The topological polar surface area (TPSA) is 729 Å². The van der Waals surface area contributed by atoms with E-state index < -0.39 is 257 Å². The van der Waals surface area contributed by atoms with Gasteiger partial charge in [-0.1, -0.05) is 68.8 Å². The number of phosphoric acid groups is 1. The molecule has 3 aromatic carbocycles. The van der Waals surface area contributed by atoms with E-state index in [2.05, 4.69) is 69.4 Å². The first kappa shape index (κ1) is 85.8. The number of rotatable bonds is 25. The van der Waals surface area contributed by atoms with Gasteiger partial charge in [-0.2, -0.15) is 0 Å². The van der Waals surface area contributed by atoms with Crippen LogP contribution in [0.3, 0.4) is 0 Å². The van der Waals surface area contributed by atoms with Gasteiger partial charge in [0.2, 0.25) is 70.8 Å². The summed E-state index contributed by atoms with van der Waals surface area (Å²) in [7, 11) is -5.98. The standard InChI is InChI=1S/C67H81N14O29P/c1-4-9-44-54(109-44)66(103)77-43(27-82)61(98)80-51-29(3)108-67(104)42(20-32-25-70-37-13-8-6-11-35(32)37)76-62(99)50(28(2)18-46(85)86)79-65(102)53(55(56(68)93)110-111(105,106)107)78-45(84)26-71-57(94)39(21-47(87)88)75-64(101)52(30-14-16-33(83)17-15-30)81-60(97)41(23-49(91)92)73-59(96)40(22-48(89)90)72-58(95)38(74-63(51)100)19-31-24-69-36-12-7-5-10-34(31)36/h5-8,10-17,24-25,28-29,38-44,50-55,69-70,82-83H,4,9,18-23,26-27H2,1-3H3,(H2,68,93)(H,71,94)(H,72,95)(H,73,96)(H,74,100)(H,75,101)(H,76,99)(H,77,103)(H,78,84)(H,79,102)(H,80,98)(H,81,97)(H,85,86)(H,87,88)(H,89,90)(H,91,92)(H2,105,106,107)/t28?,29-,38-,39+,40+,41+,42+,43+,44?,50+,51+,52-,53-,54?,55+/m1/s1. The average molecular weight is 1580 g/mol. The van der Waals surface area contributed by atoms with Crippen molar-refractivity contribution in [2.45, 2.75) is 157 Å². The molecule has 7 rings (SSSR count). The molecule has 0 aliphatic carbocycles. The summed E-state index contributed by atoms with van der Waals surface area (Å²) in [6.45, 7) is 1.32. The second-order valence-corrected chi connectivity index (χ2v) is 26.3. The Kier molecular flexibility index (Phi) is 29.8. The molecule has 3 unspecified atom stereocenters. The number of epoxide rings is 1. The minimum absolute atomic E-state index is 0.218. The third-order valence-electron chi connectivity index (χ3n) is 16.7. The lowest BCUT2D eigenvalue weighted by molar-refractivity contribution is -0.150. The second kappa shape index (κ2) is 38.6. The second-order valence-electron chi connectivity index (χ2n) is 25.1. The van der Waals surface area contributed by atoms with E-state index in [4.69, 9.17) is 14.9 Å². The lowest BCUT2D eigenvalue weighted by Gasteiger charge is -2.25. The highest BCUT2D eigenvalue weighted by Crippen LogP contribution is 2.39. The number of carboxylic acid groups (broad SMARTS) is 4. The predicted octanol–water partition coefficient (Wildman–Crippen LogP) is 4.77. The van der Waals surface area contributed by atoms with Gasteiger partial charge in [0.15, 0.2) is 42.4 Å². The van der Waals surface area contributed by atoms with Crippen LogP contribution in [0.4, 0.5) is 0 Å². The summed E-state index contributed by atoms with van der Waals surface area (Å²) in [6, 6.07) is -5.92. The Hall–Kier alpha value is -12.4. The van der Waals surface area contributed by atoms with Crippen molar-refractivity contribution in [2.75, 3.05) is 13.2 Å². The van der Waals surface area contributed by atoms with Crippen LogP contribution < -0.4 is 0 Å². The molecule has 2 aliphatic rings.